The van der Waals surface area contributed by atoms with Gasteiger partial charge in [-0.05, 0) is 49.9 Å². The van der Waals surface area contributed by atoms with Crippen LogP contribution >= 0.6 is 0 Å². The zero-order chi connectivity index (χ0) is 11.1. The Morgan fingerprint density at radius 3 is 2.67 bits per heavy atom. The first-order chi connectivity index (χ1) is 6.93. The largest absolute Gasteiger partial charge is 0.390 e. The van der Waals surface area contributed by atoms with Crippen molar-refractivity contribution in [3.05, 3.63) is 12.2 Å². The van der Waals surface area contributed by atoms with Crippen molar-refractivity contribution in [2.75, 3.05) is 0 Å². The summed E-state index contributed by atoms with van der Waals surface area (Å²) < 4.78 is 0. The number of hydrogen-bond acceptors (Lipinski definition) is 1. The quantitative estimate of drug-likeness (QED) is 0.604. The molecular weight excluding hydrogens is 184 g/mol. The number of fused-ring (bicyclic) bond motifs is 1. The summed E-state index contributed by atoms with van der Waals surface area (Å²) >= 11 is 0. The monoisotopic (exact) mass is 208 g/mol. The molecule has 1 fully saturated rings. The van der Waals surface area contributed by atoms with Crippen molar-refractivity contribution in [1.29, 1.82) is 0 Å². The predicted octanol–water partition coefficient (Wildman–Crippen LogP) is 3.53. The third kappa shape index (κ3) is 1.99. The molecule has 0 spiro atoms. The topological polar surface area (TPSA) is 20.2 Å². The van der Waals surface area contributed by atoms with Gasteiger partial charge in [-0.3, -0.25) is 0 Å². The molecule has 15 heavy (non-hydrogen) atoms. The molecular formula is C14H24O. The molecule has 1 saturated carbocycles. The first kappa shape index (κ1) is 11.2. The Hall–Kier alpha value is -0.300. The summed E-state index contributed by atoms with van der Waals surface area (Å²) in [4.78, 5) is 0. The van der Waals surface area contributed by atoms with Crippen LogP contribution in [0.15, 0.2) is 12.2 Å². The highest BCUT2D eigenvalue weighted by Crippen LogP contribution is 2.50. The van der Waals surface area contributed by atoms with E-state index < -0.39 is 5.60 Å². The van der Waals surface area contributed by atoms with Crippen molar-refractivity contribution in [3.63, 3.8) is 0 Å². The molecule has 0 aliphatic heterocycles. The third-order valence-corrected chi connectivity index (χ3v) is 4.63. The normalized spacial score (nSPS) is 44.5. The van der Waals surface area contributed by atoms with Crippen molar-refractivity contribution < 1.29 is 5.11 Å². The summed E-state index contributed by atoms with van der Waals surface area (Å²) in [5.74, 6) is 1.05. The van der Waals surface area contributed by atoms with Crippen LogP contribution in [0.2, 0.25) is 0 Å². The first-order valence-corrected chi connectivity index (χ1v) is 6.32. The minimum absolute atomic E-state index is 0.363. The molecule has 3 unspecified atom stereocenters. The fourth-order valence-corrected chi connectivity index (χ4v) is 3.59. The van der Waals surface area contributed by atoms with E-state index in [1.54, 1.807) is 0 Å². The summed E-state index contributed by atoms with van der Waals surface area (Å²) in [7, 11) is 0. The maximum atomic E-state index is 10.5. The SMILES string of the molecule is CC1(C)CCCC(C)(O)C2CCC=CC21. The van der Waals surface area contributed by atoms with Crippen LogP contribution < -0.4 is 0 Å². The standard InChI is InChI=1S/C14H24O/c1-13(2)9-6-10-14(3,15)12-8-5-4-7-11(12)13/h4,7,11-12,15H,5-6,8-10H2,1-3H3. The average molecular weight is 208 g/mol. The lowest BCUT2D eigenvalue weighted by molar-refractivity contribution is -0.0372. The van der Waals surface area contributed by atoms with Gasteiger partial charge in [-0.15, -0.1) is 0 Å². The van der Waals surface area contributed by atoms with E-state index in [0.717, 1.165) is 19.3 Å². The molecule has 0 bridgehead atoms. The zero-order valence-electron chi connectivity index (χ0n) is 10.3. The molecule has 86 valence electrons. The summed E-state index contributed by atoms with van der Waals surface area (Å²) in [6.45, 7) is 6.77. The molecule has 1 nitrogen and oxygen atoms in total. The molecule has 1 N–H and O–H groups in total. The maximum absolute atomic E-state index is 10.5. The highest BCUT2D eigenvalue weighted by Gasteiger charge is 2.45. The van der Waals surface area contributed by atoms with Crippen LogP contribution in [0.4, 0.5) is 0 Å². The van der Waals surface area contributed by atoms with E-state index in [1.165, 1.54) is 12.8 Å². The van der Waals surface area contributed by atoms with Crippen molar-refractivity contribution in [1.82, 2.24) is 0 Å². The zero-order valence-corrected chi connectivity index (χ0v) is 10.3. The Labute approximate surface area is 93.6 Å². The van der Waals surface area contributed by atoms with Crippen molar-refractivity contribution in [2.24, 2.45) is 17.3 Å². The number of rotatable bonds is 0. The molecule has 2 aliphatic carbocycles. The van der Waals surface area contributed by atoms with Gasteiger partial charge in [-0.25, -0.2) is 0 Å². The summed E-state index contributed by atoms with van der Waals surface area (Å²) in [6.07, 6.45) is 10.4. The third-order valence-electron chi connectivity index (χ3n) is 4.63. The van der Waals surface area contributed by atoms with Crippen LogP contribution in [0, 0.1) is 17.3 Å². The van der Waals surface area contributed by atoms with Crippen LogP contribution in [-0.2, 0) is 0 Å². The van der Waals surface area contributed by atoms with Crippen LogP contribution in [0.5, 0.6) is 0 Å². The van der Waals surface area contributed by atoms with Gasteiger partial charge in [0.25, 0.3) is 0 Å². The van der Waals surface area contributed by atoms with Gasteiger partial charge in [0.15, 0.2) is 0 Å². The van der Waals surface area contributed by atoms with Gasteiger partial charge in [0, 0.05) is 0 Å². The van der Waals surface area contributed by atoms with Gasteiger partial charge in [0.2, 0.25) is 0 Å². The second kappa shape index (κ2) is 3.62. The number of aliphatic hydroxyl groups is 1. The molecule has 0 aromatic heterocycles. The van der Waals surface area contributed by atoms with Crippen molar-refractivity contribution in [2.45, 2.75) is 58.5 Å². The van der Waals surface area contributed by atoms with Crippen LogP contribution in [0.1, 0.15) is 52.9 Å². The summed E-state index contributed by atoms with van der Waals surface area (Å²) in [5, 5.41) is 10.5. The molecule has 0 amide bonds. The van der Waals surface area contributed by atoms with Crippen LogP contribution in [0.3, 0.4) is 0 Å². The van der Waals surface area contributed by atoms with Gasteiger partial charge >= 0.3 is 0 Å². The summed E-state index contributed by atoms with van der Waals surface area (Å²) in [5.41, 5.74) is -0.0781. The Balaban J connectivity index is 2.33. The fraction of sp³-hybridized carbons (Fsp3) is 0.857. The molecule has 3 atom stereocenters. The Morgan fingerprint density at radius 1 is 1.20 bits per heavy atom. The molecule has 2 aliphatic rings. The predicted molar refractivity (Wildman–Crippen MR) is 63.6 cm³/mol. The van der Waals surface area contributed by atoms with E-state index in [4.69, 9.17) is 0 Å². The summed E-state index contributed by atoms with van der Waals surface area (Å²) in [6, 6.07) is 0. The first-order valence-electron chi connectivity index (χ1n) is 6.32. The average Bonchev–Trinajstić information content (AvgIpc) is 2.24. The molecule has 2 rings (SSSR count). The minimum atomic E-state index is -0.441. The Morgan fingerprint density at radius 2 is 1.93 bits per heavy atom. The van der Waals surface area contributed by atoms with E-state index >= 15 is 0 Å². The Bertz CT molecular complexity index is 263. The van der Waals surface area contributed by atoms with E-state index in [9.17, 15) is 5.11 Å². The minimum Gasteiger partial charge on any atom is -0.390 e. The fourth-order valence-electron chi connectivity index (χ4n) is 3.59. The molecule has 0 heterocycles. The number of allylic oxidation sites excluding steroid dienone is 2. The van der Waals surface area contributed by atoms with Gasteiger partial charge in [-0.1, -0.05) is 32.4 Å². The highest BCUT2D eigenvalue weighted by atomic mass is 16.3. The maximum Gasteiger partial charge on any atom is 0.0653 e. The van der Waals surface area contributed by atoms with E-state index in [0.29, 0.717) is 17.3 Å². The molecule has 0 aromatic rings. The molecule has 0 saturated heterocycles. The van der Waals surface area contributed by atoms with E-state index in [1.807, 2.05) is 6.92 Å². The van der Waals surface area contributed by atoms with Gasteiger partial charge in [-0.2, -0.15) is 0 Å². The van der Waals surface area contributed by atoms with Gasteiger partial charge in [0.1, 0.15) is 0 Å². The van der Waals surface area contributed by atoms with Crippen LogP contribution in [-0.4, -0.2) is 10.7 Å². The molecule has 0 aromatic carbocycles. The van der Waals surface area contributed by atoms with Gasteiger partial charge < -0.3 is 5.11 Å². The van der Waals surface area contributed by atoms with Gasteiger partial charge in [0.05, 0.1) is 5.60 Å². The highest BCUT2D eigenvalue weighted by molar-refractivity contribution is 5.08. The van der Waals surface area contributed by atoms with Crippen LogP contribution in [0.25, 0.3) is 0 Å². The van der Waals surface area contributed by atoms with Crippen molar-refractivity contribution >= 4 is 0 Å². The lowest BCUT2D eigenvalue weighted by Gasteiger charge is -2.43. The van der Waals surface area contributed by atoms with E-state index in [-0.39, 0.29) is 0 Å². The van der Waals surface area contributed by atoms with E-state index in [2.05, 4.69) is 26.0 Å². The lowest BCUT2D eigenvalue weighted by atomic mass is 9.64. The smallest absolute Gasteiger partial charge is 0.0653 e. The second-order valence-corrected chi connectivity index (χ2v) is 6.34. The van der Waals surface area contributed by atoms with Crippen molar-refractivity contribution in [3.8, 4) is 0 Å². The molecule has 1 heteroatoms. The number of hydrogen-bond donors (Lipinski definition) is 1. The second-order valence-electron chi connectivity index (χ2n) is 6.34. The molecule has 0 radical (unpaired) electrons. The lowest BCUT2D eigenvalue weighted by Crippen LogP contribution is -2.42. The Kier molecular flexibility index (Phi) is 2.70.